The molecule has 0 unspecified atom stereocenters. The van der Waals surface area contributed by atoms with Crippen molar-refractivity contribution in [2.24, 2.45) is 10.8 Å². The summed E-state index contributed by atoms with van der Waals surface area (Å²) in [6, 6.07) is 0. The van der Waals surface area contributed by atoms with E-state index >= 15 is 0 Å². The summed E-state index contributed by atoms with van der Waals surface area (Å²) in [5.74, 6) is -1.04. The summed E-state index contributed by atoms with van der Waals surface area (Å²) in [4.78, 5) is 26.0. The highest BCUT2D eigenvalue weighted by Crippen LogP contribution is 2.69. The Morgan fingerprint density at radius 1 is 1.15 bits per heavy atom. The number of ether oxygens (including phenoxy) is 5. The van der Waals surface area contributed by atoms with Crippen LogP contribution in [0.25, 0.3) is 0 Å². The second kappa shape index (κ2) is 11.7. The lowest BCUT2D eigenvalue weighted by Crippen LogP contribution is -2.60. The third kappa shape index (κ3) is 5.15. The molecule has 0 amide bonds. The fourth-order valence-electron chi connectivity index (χ4n) is 6.93. The van der Waals surface area contributed by atoms with E-state index in [9.17, 15) is 19.8 Å². The third-order valence-electron chi connectivity index (χ3n) is 9.33. The molecule has 0 aromatic rings. The maximum atomic E-state index is 13.0. The van der Waals surface area contributed by atoms with Crippen molar-refractivity contribution in [1.82, 2.24) is 0 Å². The van der Waals surface area contributed by atoms with E-state index in [0.29, 0.717) is 25.9 Å². The molecule has 2 heterocycles. The number of rotatable bonds is 3. The van der Waals surface area contributed by atoms with Crippen LogP contribution in [-0.2, 0) is 33.3 Å². The molecule has 9 heteroatoms. The molecule has 2 N–H and O–H groups in total. The first-order valence-electron chi connectivity index (χ1n) is 13.7. The van der Waals surface area contributed by atoms with Crippen LogP contribution in [0.1, 0.15) is 53.4 Å². The molecule has 2 fully saturated rings. The highest BCUT2D eigenvalue weighted by atomic mass is 16.6. The molecule has 1 saturated heterocycles. The first-order valence-corrected chi connectivity index (χ1v) is 13.7. The van der Waals surface area contributed by atoms with Gasteiger partial charge in [-0.15, -0.1) is 0 Å². The van der Waals surface area contributed by atoms with Crippen LogP contribution in [0.2, 0.25) is 0 Å². The van der Waals surface area contributed by atoms with Gasteiger partial charge in [-0.05, 0) is 40.0 Å². The van der Waals surface area contributed by atoms with Gasteiger partial charge in [0.25, 0.3) is 0 Å². The minimum absolute atomic E-state index is 0.0337. The van der Waals surface area contributed by atoms with Crippen molar-refractivity contribution in [3.05, 3.63) is 47.6 Å². The molecule has 0 bridgehead atoms. The molecule has 2 aliphatic carbocycles. The average molecular weight is 547 g/mol. The number of hydrogen-bond donors (Lipinski definition) is 2. The van der Waals surface area contributed by atoms with E-state index in [2.05, 4.69) is 0 Å². The Morgan fingerprint density at radius 2 is 1.92 bits per heavy atom. The smallest absolute Gasteiger partial charge is 0.331 e. The van der Waals surface area contributed by atoms with Crippen LogP contribution in [0.5, 0.6) is 0 Å². The lowest BCUT2D eigenvalue weighted by Gasteiger charge is -2.50. The normalized spacial score (nSPS) is 43.4. The summed E-state index contributed by atoms with van der Waals surface area (Å²) < 4.78 is 30.3. The van der Waals surface area contributed by atoms with Gasteiger partial charge in [0, 0.05) is 31.1 Å². The zero-order valence-corrected chi connectivity index (χ0v) is 23.6. The first kappa shape index (κ1) is 29.7. The first-order chi connectivity index (χ1) is 18.5. The van der Waals surface area contributed by atoms with Gasteiger partial charge < -0.3 is 33.9 Å². The SMILES string of the molecule is CO[C@H]1C[C@H]2OC(=O)/C=C\C=C\[C@@H]([C@H](C)O)OCC/C(C)=C/C(=O)OC[C@]34CCC(C)=C[C@H]3O[C@@]1(CO)[C@]24C. The number of aliphatic hydroxyl groups is 2. The van der Waals surface area contributed by atoms with Gasteiger partial charge in [0.2, 0.25) is 0 Å². The molecule has 1 spiro atoms. The van der Waals surface area contributed by atoms with Gasteiger partial charge in [-0.2, -0.15) is 0 Å². The summed E-state index contributed by atoms with van der Waals surface area (Å²) in [6.07, 6.45) is 8.85. The number of esters is 2. The Morgan fingerprint density at radius 3 is 2.62 bits per heavy atom. The van der Waals surface area contributed by atoms with Crippen LogP contribution in [0.15, 0.2) is 47.6 Å². The van der Waals surface area contributed by atoms with Gasteiger partial charge in [-0.1, -0.05) is 42.4 Å². The molecule has 216 valence electrons. The summed E-state index contributed by atoms with van der Waals surface area (Å²) >= 11 is 0. The topological polar surface area (TPSA) is 121 Å². The van der Waals surface area contributed by atoms with Crippen molar-refractivity contribution in [2.75, 3.05) is 26.9 Å². The number of hydrogen-bond acceptors (Lipinski definition) is 9. The predicted molar refractivity (Wildman–Crippen MR) is 143 cm³/mol. The van der Waals surface area contributed by atoms with Crippen LogP contribution >= 0.6 is 0 Å². The van der Waals surface area contributed by atoms with Crippen molar-refractivity contribution < 1.29 is 43.5 Å². The molecule has 2 aliphatic heterocycles. The summed E-state index contributed by atoms with van der Waals surface area (Å²) in [7, 11) is 1.56. The van der Waals surface area contributed by atoms with Gasteiger partial charge in [0.1, 0.15) is 24.4 Å². The van der Waals surface area contributed by atoms with E-state index < -0.39 is 58.9 Å². The second-order valence-corrected chi connectivity index (χ2v) is 11.5. The lowest BCUT2D eigenvalue weighted by molar-refractivity contribution is -0.176. The van der Waals surface area contributed by atoms with Crippen LogP contribution in [0, 0.1) is 10.8 Å². The number of cyclic esters (lactones) is 1. The number of carbonyl (C=O) groups is 2. The monoisotopic (exact) mass is 546 g/mol. The zero-order valence-electron chi connectivity index (χ0n) is 23.6. The van der Waals surface area contributed by atoms with Crippen LogP contribution in [0.3, 0.4) is 0 Å². The van der Waals surface area contributed by atoms with E-state index in [1.54, 1.807) is 32.3 Å². The van der Waals surface area contributed by atoms with Gasteiger partial charge in [-0.25, -0.2) is 9.59 Å². The van der Waals surface area contributed by atoms with E-state index in [4.69, 9.17) is 23.7 Å². The second-order valence-electron chi connectivity index (χ2n) is 11.5. The Kier molecular flexibility index (Phi) is 8.88. The van der Waals surface area contributed by atoms with Gasteiger partial charge in [0.05, 0.1) is 36.9 Å². The molecular formula is C30H42O9. The zero-order chi connectivity index (χ0) is 28.4. The number of carbonyl (C=O) groups excluding carboxylic acids is 2. The van der Waals surface area contributed by atoms with Crippen molar-refractivity contribution in [1.29, 1.82) is 0 Å². The molecule has 0 radical (unpaired) electrons. The van der Waals surface area contributed by atoms with Crippen molar-refractivity contribution >= 4 is 11.9 Å². The van der Waals surface area contributed by atoms with E-state index in [0.717, 1.165) is 17.6 Å². The van der Waals surface area contributed by atoms with Gasteiger partial charge >= 0.3 is 11.9 Å². The third-order valence-corrected chi connectivity index (χ3v) is 9.33. The Hall–Kier alpha value is -2.30. The van der Waals surface area contributed by atoms with E-state index in [1.165, 1.54) is 12.2 Å². The molecular weight excluding hydrogens is 504 g/mol. The van der Waals surface area contributed by atoms with Gasteiger partial charge in [0.15, 0.2) is 0 Å². The number of methoxy groups -OCH3 is 1. The van der Waals surface area contributed by atoms with Gasteiger partial charge in [-0.3, -0.25) is 0 Å². The lowest BCUT2D eigenvalue weighted by atomic mass is 9.54. The fourth-order valence-corrected chi connectivity index (χ4v) is 6.93. The van der Waals surface area contributed by atoms with E-state index in [-0.39, 0.29) is 13.2 Å². The van der Waals surface area contributed by atoms with Crippen LogP contribution in [0.4, 0.5) is 0 Å². The number of allylic oxidation sites excluding steroid dienone is 3. The maximum absolute atomic E-state index is 13.0. The Bertz CT molecular complexity index is 1060. The number of aliphatic hydroxyl groups excluding tert-OH is 2. The molecule has 4 rings (SSSR count). The van der Waals surface area contributed by atoms with Crippen molar-refractivity contribution in [2.45, 2.75) is 89.5 Å². The van der Waals surface area contributed by atoms with Crippen molar-refractivity contribution in [3.63, 3.8) is 0 Å². The molecule has 39 heavy (non-hydrogen) atoms. The Labute approximate surface area is 230 Å². The minimum Gasteiger partial charge on any atom is -0.462 e. The average Bonchev–Trinajstić information content (AvgIpc) is 3.25. The van der Waals surface area contributed by atoms with Crippen molar-refractivity contribution in [3.8, 4) is 0 Å². The maximum Gasteiger partial charge on any atom is 0.331 e. The molecule has 8 atom stereocenters. The van der Waals surface area contributed by atoms with E-state index in [1.807, 2.05) is 26.8 Å². The summed E-state index contributed by atoms with van der Waals surface area (Å²) in [6.45, 7) is 7.44. The predicted octanol–water partition coefficient (Wildman–Crippen LogP) is 2.95. The highest BCUT2D eigenvalue weighted by Gasteiger charge is 2.80. The minimum atomic E-state index is -1.16. The van der Waals surface area contributed by atoms with Crippen LogP contribution < -0.4 is 0 Å². The molecule has 1 saturated carbocycles. The molecule has 0 aromatic carbocycles. The standard InChI is InChI=1S/C30H42O9/c1-19-10-12-29-18-37-27(34)15-20(2)11-13-36-22(21(3)32)8-6-7-9-26(33)38-23-16-25(35-5)30(17-31,28(23,29)4)39-24(29)14-19/h6-9,14-15,21-25,31-32H,10-13,16-18H2,1-5H3/b8-6+,9-7-,20-15+/t21-,22-,23+,24+,25-,28+,29+,30+/m0/s1. The largest absolute Gasteiger partial charge is 0.462 e. The molecule has 4 aliphatic rings. The summed E-state index contributed by atoms with van der Waals surface area (Å²) in [5, 5.41) is 20.9. The quantitative estimate of drug-likeness (QED) is 0.407. The summed E-state index contributed by atoms with van der Waals surface area (Å²) in [5.41, 5.74) is -0.909. The highest BCUT2D eigenvalue weighted by molar-refractivity contribution is 5.83. The Balaban J connectivity index is 1.77. The fraction of sp³-hybridized carbons (Fsp3) is 0.667. The molecule has 0 aromatic heterocycles. The molecule has 9 nitrogen and oxygen atoms in total. The van der Waals surface area contributed by atoms with Crippen LogP contribution in [-0.4, -0.2) is 85.2 Å².